The molecule has 0 amide bonds. The molecule has 2 aromatic carbocycles. The van der Waals surface area contributed by atoms with E-state index in [1.807, 2.05) is 36.4 Å². The SMILES string of the molecule is [O]=[Sn]([CH2]Cc1ccccc1)[CH2]Cc1ccccc1. The summed E-state index contributed by atoms with van der Waals surface area (Å²) in [5.74, 6) is 0. The summed E-state index contributed by atoms with van der Waals surface area (Å²) in [6.45, 7) is 0. The monoisotopic (exact) mass is 346 g/mol. The molecule has 0 bridgehead atoms. The van der Waals surface area contributed by atoms with E-state index in [9.17, 15) is 3.08 Å². The molecule has 0 N–H and O–H groups in total. The van der Waals surface area contributed by atoms with Crippen LogP contribution in [0.2, 0.25) is 8.87 Å². The van der Waals surface area contributed by atoms with Gasteiger partial charge in [-0.3, -0.25) is 0 Å². The number of rotatable bonds is 6. The van der Waals surface area contributed by atoms with Crippen LogP contribution in [0.4, 0.5) is 0 Å². The van der Waals surface area contributed by atoms with Crippen LogP contribution in [0.5, 0.6) is 0 Å². The predicted molar refractivity (Wildman–Crippen MR) is 76.3 cm³/mol. The van der Waals surface area contributed by atoms with Gasteiger partial charge in [0.25, 0.3) is 0 Å². The summed E-state index contributed by atoms with van der Waals surface area (Å²) in [5, 5.41) is 0. The number of hydrogen-bond donors (Lipinski definition) is 0. The van der Waals surface area contributed by atoms with E-state index in [-0.39, 0.29) is 0 Å². The van der Waals surface area contributed by atoms with Gasteiger partial charge in [-0.25, -0.2) is 0 Å². The molecule has 92 valence electrons. The second-order valence-corrected chi connectivity index (χ2v) is 10.4. The molecule has 1 nitrogen and oxygen atoms in total. The Morgan fingerprint density at radius 2 is 1.06 bits per heavy atom. The van der Waals surface area contributed by atoms with Crippen LogP contribution in [-0.2, 0) is 15.9 Å². The van der Waals surface area contributed by atoms with Crippen molar-refractivity contribution in [2.75, 3.05) is 0 Å². The Hall–Kier alpha value is -0.961. The normalized spacial score (nSPS) is 10.2. The Labute approximate surface area is 116 Å². The van der Waals surface area contributed by atoms with E-state index in [0.717, 1.165) is 21.7 Å². The average Bonchev–Trinajstić information content (AvgIpc) is 2.45. The van der Waals surface area contributed by atoms with Crippen molar-refractivity contribution in [3.05, 3.63) is 71.8 Å². The zero-order valence-electron chi connectivity index (χ0n) is 10.5. The third-order valence-corrected chi connectivity index (χ3v) is 7.68. The summed E-state index contributed by atoms with van der Waals surface area (Å²) >= 11 is -2.35. The fourth-order valence-electron chi connectivity index (χ4n) is 1.98. The third-order valence-electron chi connectivity index (χ3n) is 3.07. The molecule has 0 saturated carbocycles. The Morgan fingerprint density at radius 1 is 0.667 bits per heavy atom. The molecule has 2 heteroatoms. The molecule has 0 aliphatic carbocycles. The Morgan fingerprint density at radius 3 is 1.44 bits per heavy atom. The first-order valence-corrected chi connectivity index (χ1v) is 11.6. The number of benzene rings is 2. The van der Waals surface area contributed by atoms with Gasteiger partial charge in [-0.2, -0.15) is 0 Å². The average molecular weight is 345 g/mol. The van der Waals surface area contributed by atoms with E-state index < -0.39 is 19.7 Å². The van der Waals surface area contributed by atoms with E-state index in [2.05, 4.69) is 24.3 Å². The fourth-order valence-corrected chi connectivity index (χ4v) is 5.93. The van der Waals surface area contributed by atoms with Crippen LogP contribution in [0, 0.1) is 0 Å². The van der Waals surface area contributed by atoms with Crippen LogP contribution in [0.15, 0.2) is 60.7 Å². The molecule has 0 atom stereocenters. The van der Waals surface area contributed by atoms with Gasteiger partial charge in [0.2, 0.25) is 0 Å². The van der Waals surface area contributed by atoms with Crippen molar-refractivity contribution in [1.82, 2.24) is 0 Å². The minimum atomic E-state index is -2.35. The van der Waals surface area contributed by atoms with Crippen LogP contribution in [0.3, 0.4) is 0 Å². The molecule has 0 spiro atoms. The Kier molecular flexibility index (Phi) is 5.59. The summed E-state index contributed by atoms with van der Waals surface area (Å²) in [4.78, 5) is 0. The zero-order chi connectivity index (χ0) is 12.6. The van der Waals surface area contributed by atoms with Crippen molar-refractivity contribution in [3.8, 4) is 0 Å². The molecular weight excluding hydrogens is 327 g/mol. The van der Waals surface area contributed by atoms with E-state index in [4.69, 9.17) is 0 Å². The van der Waals surface area contributed by atoms with Crippen LogP contribution in [0.1, 0.15) is 11.1 Å². The molecule has 0 unspecified atom stereocenters. The zero-order valence-corrected chi connectivity index (χ0v) is 13.4. The van der Waals surface area contributed by atoms with Gasteiger partial charge in [0.15, 0.2) is 0 Å². The second-order valence-electron chi connectivity index (χ2n) is 4.51. The van der Waals surface area contributed by atoms with Gasteiger partial charge >= 0.3 is 116 Å². The molecule has 0 saturated heterocycles. The summed E-state index contributed by atoms with van der Waals surface area (Å²) in [7, 11) is 0. The van der Waals surface area contributed by atoms with Crippen molar-refractivity contribution >= 4 is 19.7 Å². The van der Waals surface area contributed by atoms with E-state index in [1.54, 1.807) is 0 Å². The molecule has 0 aliphatic rings. The summed E-state index contributed by atoms with van der Waals surface area (Å²) in [5.41, 5.74) is 2.62. The van der Waals surface area contributed by atoms with Crippen molar-refractivity contribution in [2.24, 2.45) is 0 Å². The van der Waals surface area contributed by atoms with Gasteiger partial charge in [0.1, 0.15) is 0 Å². The standard InChI is InChI=1S/2C8H9.O.Sn/c2*1-2-8-6-4-3-5-7-8;;/h2*3-7H,1-2H2;;. The Balaban J connectivity index is 1.73. The third kappa shape index (κ3) is 4.73. The van der Waals surface area contributed by atoms with Crippen molar-refractivity contribution in [1.29, 1.82) is 0 Å². The van der Waals surface area contributed by atoms with Gasteiger partial charge in [-0.15, -0.1) is 0 Å². The summed E-state index contributed by atoms with van der Waals surface area (Å²) in [6.07, 6.45) is 1.96. The van der Waals surface area contributed by atoms with Gasteiger partial charge in [0.05, 0.1) is 0 Å². The van der Waals surface area contributed by atoms with Gasteiger partial charge < -0.3 is 0 Å². The first-order chi connectivity index (χ1) is 8.84. The quantitative estimate of drug-likeness (QED) is 0.726. The maximum atomic E-state index is 12.1. The molecule has 2 aromatic rings. The summed E-state index contributed by atoms with van der Waals surface area (Å²) < 4.78 is 13.9. The molecule has 18 heavy (non-hydrogen) atoms. The first kappa shape index (κ1) is 13.5. The van der Waals surface area contributed by atoms with Crippen LogP contribution in [-0.4, -0.2) is 19.7 Å². The molecule has 0 fully saturated rings. The van der Waals surface area contributed by atoms with Crippen LogP contribution < -0.4 is 0 Å². The minimum absolute atomic E-state index is 0.930. The van der Waals surface area contributed by atoms with E-state index in [0.29, 0.717) is 0 Å². The molecule has 2 rings (SSSR count). The Bertz CT molecular complexity index is 433. The molecule has 0 radical (unpaired) electrons. The van der Waals surface area contributed by atoms with Crippen LogP contribution in [0.25, 0.3) is 0 Å². The topological polar surface area (TPSA) is 17.1 Å². The van der Waals surface area contributed by atoms with Gasteiger partial charge in [-0.1, -0.05) is 0 Å². The van der Waals surface area contributed by atoms with Crippen molar-refractivity contribution in [2.45, 2.75) is 21.7 Å². The fraction of sp³-hybridized carbons (Fsp3) is 0.250. The molecule has 0 aromatic heterocycles. The van der Waals surface area contributed by atoms with Crippen molar-refractivity contribution in [3.63, 3.8) is 0 Å². The first-order valence-electron chi connectivity index (χ1n) is 6.44. The van der Waals surface area contributed by atoms with E-state index >= 15 is 0 Å². The van der Waals surface area contributed by atoms with Crippen LogP contribution >= 0.6 is 0 Å². The van der Waals surface area contributed by atoms with Gasteiger partial charge in [0, 0.05) is 0 Å². The van der Waals surface area contributed by atoms with Crippen molar-refractivity contribution < 1.29 is 3.08 Å². The predicted octanol–water partition coefficient (Wildman–Crippen LogP) is 3.89. The van der Waals surface area contributed by atoms with E-state index in [1.165, 1.54) is 11.1 Å². The molecule has 0 aliphatic heterocycles. The second kappa shape index (κ2) is 7.47. The van der Waals surface area contributed by atoms with Gasteiger partial charge in [-0.05, 0) is 0 Å². The summed E-state index contributed by atoms with van der Waals surface area (Å²) in [6, 6.07) is 20.7. The molecular formula is C16H18OSn. The number of aryl methyl sites for hydroxylation is 2. The number of hydrogen-bond acceptors (Lipinski definition) is 1. The molecule has 0 heterocycles. The maximum absolute atomic E-state index is 12.1.